The van der Waals surface area contributed by atoms with Crippen LogP contribution in [-0.4, -0.2) is 43.7 Å². The first-order valence-corrected chi connectivity index (χ1v) is 8.73. The minimum atomic E-state index is -0.733. The largest absolute Gasteiger partial charge is 0.466 e. The maximum absolute atomic E-state index is 12.8. The van der Waals surface area contributed by atoms with E-state index in [0.717, 1.165) is 5.56 Å². The fraction of sp³-hybridized carbons (Fsp3) is 0.250. The summed E-state index contributed by atoms with van der Waals surface area (Å²) < 4.78 is 6.27. The monoisotopic (exact) mass is 372 g/mol. The Morgan fingerprint density at radius 2 is 2.12 bits per heavy atom. The van der Waals surface area contributed by atoms with E-state index >= 15 is 0 Å². The van der Waals surface area contributed by atoms with Gasteiger partial charge in [-0.25, -0.2) is 9.67 Å². The molecule has 1 unspecified atom stereocenters. The second-order valence-corrected chi connectivity index (χ2v) is 6.08. The molecule has 0 aliphatic heterocycles. The average molecular weight is 372 g/mol. The minimum Gasteiger partial charge on any atom is -0.466 e. The molecule has 1 N–H and O–H groups in total. The Bertz CT molecular complexity index is 865. The van der Waals surface area contributed by atoms with E-state index in [9.17, 15) is 9.59 Å². The Hall–Kier alpha value is -3.14. The molecule has 0 saturated heterocycles. The lowest BCUT2D eigenvalue weighted by Crippen LogP contribution is -2.27. The zero-order valence-electron chi connectivity index (χ0n) is 13.9. The van der Waals surface area contributed by atoms with Crippen LogP contribution in [0.1, 0.15) is 24.2 Å². The molecular weight excluding hydrogens is 356 g/mol. The number of aromatic nitrogens is 5. The second kappa shape index (κ2) is 8.30. The van der Waals surface area contributed by atoms with Gasteiger partial charge >= 0.3 is 5.97 Å². The van der Waals surface area contributed by atoms with Crippen molar-refractivity contribution < 1.29 is 14.3 Å². The summed E-state index contributed by atoms with van der Waals surface area (Å²) in [7, 11) is 0. The van der Waals surface area contributed by atoms with Crippen LogP contribution in [0.25, 0.3) is 0 Å². The van der Waals surface area contributed by atoms with Gasteiger partial charge in [0.15, 0.2) is 11.2 Å². The lowest BCUT2D eigenvalue weighted by atomic mass is 10.1. The normalized spacial score (nSPS) is 11.7. The van der Waals surface area contributed by atoms with Crippen LogP contribution < -0.4 is 5.32 Å². The van der Waals surface area contributed by atoms with E-state index in [4.69, 9.17) is 4.74 Å². The van der Waals surface area contributed by atoms with E-state index in [2.05, 4.69) is 25.8 Å². The number of hydrogen-bond acceptors (Lipinski definition) is 8. The van der Waals surface area contributed by atoms with Gasteiger partial charge in [-0.15, -0.1) is 16.4 Å². The van der Waals surface area contributed by atoms with Crippen molar-refractivity contribution in [2.24, 2.45) is 0 Å². The van der Waals surface area contributed by atoms with Crippen LogP contribution in [0.4, 0.5) is 5.13 Å². The van der Waals surface area contributed by atoms with Gasteiger partial charge in [0.25, 0.3) is 5.91 Å². The molecule has 2 aromatic heterocycles. The predicted molar refractivity (Wildman–Crippen MR) is 93.5 cm³/mol. The van der Waals surface area contributed by atoms with Gasteiger partial charge in [0.2, 0.25) is 0 Å². The van der Waals surface area contributed by atoms with Gasteiger partial charge in [0.1, 0.15) is 6.33 Å². The molecule has 1 aromatic carbocycles. The minimum absolute atomic E-state index is 0.0648. The van der Waals surface area contributed by atoms with Gasteiger partial charge in [-0.05, 0) is 22.9 Å². The molecule has 2 heterocycles. The summed E-state index contributed by atoms with van der Waals surface area (Å²) in [6.45, 7) is 2.06. The number of ether oxygens (including phenoxy) is 1. The van der Waals surface area contributed by atoms with E-state index in [0.29, 0.717) is 17.4 Å². The molecule has 0 radical (unpaired) electrons. The standard InChI is InChI=1S/C16H16N6O3S/c1-2-25-13(23)8-12-9-26-16(18-12)19-15(24)14(22-10-17-20-21-22)11-6-4-3-5-7-11/h3-7,9-10,14H,2,8H2,1H3,(H,18,19,24). The summed E-state index contributed by atoms with van der Waals surface area (Å²) in [6, 6.07) is 8.44. The van der Waals surface area contributed by atoms with Crippen LogP contribution in [0, 0.1) is 0 Å². The first-order chi connectivity index (χ1) is 12.7. The number of rotatable bonds is 7. The number of amides is 1. The topological polar surface area (TPSA) is 112 Å². The fourth-order valence-electron chi connectivity index (χ4n) is 2.33. The SMILES string of the molecule is CCOC(=O)Cc1csc(NC(=O)C(c2ccccc2)n2cnnn2)n1. The van der Waals surface area contributed by atoms with Gasteiger partial charge < -0.3 is 4.74 Å². The predicted octanol–water partition coefficient (Wildman–Crippen LogP) is 1.46. The lowest BCUT2D eigenvalue weighted by Gasteiger charge is -2.15. The highest BCUT2D eigenvalue weighted by Crippen LogP contribution is 2.21. The third kappa shape index (κ3) is 4.28. The van der Waals surface area contributed by atoms with Crippen molar-refractivity contribution in [2.45, 2.75) is 19.4 Å². The molecule has 0 spiro atoms. The highest BCUT2D eigenvalue weighted by Gasteiger charge is 2.24. The maximum Gasteiger partial charge on any atom is 0.311 e. The van der Waals surface area contributed by atoms with Crippen molar-refractivity contribution in [3.8, 4) is 0 Å². The number of hydrogen-bond donors (Lipinski definition) is 1. The Morgan fingerprint density at radius 1 is 1.31 bits per heavy atom. The molecule has 1 amide bonds. The van der Waals surface area contributed by atoms with Crippen LogP contribution in [-0.2, 0) is 20.7 Å². The second-order valence-electron chi connectivity index (χ2n) is 5.22. The number of thiazole rings is 1. The van der Waals surface area contributed by atoms with Gasteiger partial charge in [0.05, 0.1) is 18.7 Å². The van der Waals surface area contributed by atoms with E-state index in [-0.39, 0.29) is 18.3 Å². The summed E-state index contributed by atoms with van der Waals surface area (Å²) in [5, 5.41) is 15.9. The first-order valence-electron chi connectivity index (χ1n) is 7.85. The highest BCUT2D eigenvalue weighted by molar-refractivity contribution is 7.13. The van der Waals surface area contributed by atoms with E-state index in [1.807, 2.05) is 30.3 Å². The molecule has 134 valence electrons. The maximum atomic E-state index is 12.8. The smallest absolute Gasteiger partial charge is 0.311 e. The molecule has 3 rings (SSSR count). The third-order valence-electron chi connectivity index (χ3n) is 3.41. The fourth-order valence-corrected chi connectivity index (χ4v) is 3.04. The van der Waals surface area contributed by atoms with E-state index in [1.54, 1.807) is 12.3 Å². The summed E-state index contributed by atoms with van der Waals surface area (Å²) >= 11 is 1.24. The summed E-state index contributed by atoms with van der Waals surface area (Å²) in [6.07, 6.45) is 1.45. The molecule has 1 atom stereocenters. The van der Waals surface area contributed by atoms with E-state index < -0.39 is 6.04 Å². The lowest BCUT2D eigenvalue weighted by molar-refractivity contribution is -0.142. The van der Waals surface area contributed by atoms with Crippen LogP contribution in [0.3, 0.4) is 0 Å². The molecule has 26 heavy (non-hydrogen) atoms. The molecule has 0 saturated carbocycles. The van der Waals surface area contributed by atoms with Crippen molar-refractivity contribution in [1.82, 2.24) is 25.2 Å². The van der Waals surface area contributed by atoms with Crippen LogP contribution in [0.15, 0.2) is 42.0 Å². The molecule has 0 fully saturated rings. The highest BCUT2D eigenvalue weighted by atomic mass is 32.1. The zero-order valence-corrected chi connectivity index (χ0v) is 14.7. The van der Waals surface area contributed by atoms with Crippen molar-refractivity contribution in [3.63, 3.8) is 0 Å². The molecular formula is C16H16N6O3S. The van der Waals surface area contributed by atoms with Crippen molar-refractivity contribution in [3.05, 3.63) is 53.3 Å². The number of carbonyl (C=O) groups is 2. The van der Waals surface area contributed by atoms with Crippen molar-refractivity contribution in [1.29, 1.82) is 0 Å². The quantitative estimate of drug-likeness (QED) is 0.625. The summed E-state index contributed by atoms with van der Waals surface area (Å²) in [4.78, 5) is 28.6. The first kappa shape index (κ1) is 17.7. The molecule has 9 nitrogen and oxygen atoms in total. The summed E-state index contributed by atoms with van der Waals surface area (Å²) in [5.74, 6) is -0.688. The van der Waals surface area contributed by atoms with Gasteiger partial charge in [-0.1, -0.05) is 30.3 Å². The Kier molecular flexibility index (Phi) is 5.64. The molecule has 0 aliphatic carbocycles. The Labute approximate surface area is 153 Å². The zero-order chi connectivity index (χ0) is 18.4. The van der Waals surface area contributed by atoms with Gasteiger partial charge in [-0.2, -0.15) is 0 Å². The van der Waals surface area contributed by atoms with Gasteiger partial charge in [-0.3, -0.25) is 14.9 Å². The number of nitrogens with one attached hydrogen (secondary N) is 1. The summed E-state index contributed by atoms with van der Waals surface area (Å²) in [5.41, 5.74) is 1.28. The number of benzene rings is 1. The van der Waals surface area contributed by atoms with Crippen LogP contribution in [0.5, 0.6) is 0 Å². The Balaban J connectivity index is 1.75. The number of esters is 1. The van der Waals surface area contributed by atoms with Crippen LogP contribution >= 0.6 is 11.3 Å². The average Bonchev–Trinajstić information content (AvgIpc) is 3.29. The number of nitrogens with zero attached hydrogens (tertiary/aromatic N) is 5. The number of tetrazole rings is 1. The number of anilines is 1. The molecule has 0 aliphatic rings. The van der Waals surface area contributed by atoms with E-state index in [1.165, 1.54) is 22.3 Å². The van der Waals surface area contributed by atoms with Crippen LogP contribution in [0.2, 0.25) is 0 Å². The third-order valence-corrected chi connectivity index (χ3v) is 4.21. The van der Waals surface area contributed by atoms with Crippen molar-refractivity contribution in [2.75, 3.05) is 11.9 Å². The number of carbonyl (C=O) groups excluding carboxylic acids is 2. The molecule has 10 heteroatoms. The molecule has 0 bridgehead atoms. The Morgan fingerprint density at radius 3 is 2.81 bits per heavy atom. The molecule has 3 aromatic rings. The van der Waals surface area contributed by atoms with Gasteiger partial charge in [0, 0.05) is 5.38 Å². The van der Waals surface area contributed by atoms with Crippen molar-refractivity contribution >= 4 is 28.3 Å².